The van der Waals surface area contributed by atoms with Gasteiger partial charge in [0.15, 0.2) is 0 Å². The lowest BCUT2D eigenvalue weighted by Gasteiger charge is -2.42. The fourth-order valence-corrected chi connectivity index (χ4v) is 7.41. The van der Waals surface area contributed by atoms with E-state index in [2.05, 4.69) is 33.9 Å². The molecule has 0 radical (unpaired) electrons. The highest BCUT2D eigenvalue weighted by atomic mass is 16.5. The molecule has 41 heavy (non-hydrogen) atoms. The number of nitrogens with zero attached hydrogens (tertiary/aromatic N) is 4. The van der Waals surface area contributed by atoms with Gasteiger partial charge in [0, 0.05) is 64.7 Å². The molecule has 5 rings (SSSR count). The van der Waals surface area contributed by atoms with Crippen molar-refractivity contribution in [2.24, 2.45) is 29.6 Å². The van der Waals surface area contributed by atoms with E-state index in [4.69, 9.17) is 4.74 Å². The van der Waals surface area contributed by atoms with E-state index >= 15 is 0 Å². The lowest BCUT2D eigenvalue weighted by Crippen LogP contribution is -2.48. The molecule has 4 bridgehead atoms. The summed E-state index contributed by atoms with van der Waals surface area (Å²) in [5, 5.41) is 3.06. The van der Waals surface area contributed by atoms with Crippen LogP contribution in [0, 0.1) is 29.6 Å². The average molecular weight is 568 g/mol. The topological polar surface area (TPSA) is 95.1 Å². The Morgan fingerprint density at radius 3 is 2.63 bits per heavy atom. The maximum atomic E-state index is 13.7. The van der Waals surface area contributed by atoms with Crippen LogP contribution in [0.3, 0.4) is 0 Å². The maximum Gasteiger partial charge on any atom is 0.270 e. The molecule has 3 amide bonds. The Balaban J connectivity index is 1.32. The van der Waals surface area contributed by atoms with Crippen molar-refractivity contribution in [1.82, 2.24) is 25.0 Å². The Morgan fingerprint density at radius 2 is 1.83 bits per heavy atom. The molecular formula is C32H49N5O4. The van der Waals surface area contributed by atoms with Crippen LogP contribution in [0.1, 0.15) is 75.7 Å². The number of hydrogen-bond donors (Lipinski definition) is 1. The minimum Gasteiger partial charge on any atom is -0.478 e. The molecule has 1 aromatic rings. The van der Waals surface area contributed by atoms with Gasteiger partial charge in [0.1, 0.15) is 5.69 Å². The summed E-state index contributed by atoms with van der Waals surface area (Å²) in [7, 11) is 0. The molecule has 4 atom stereocenters. The quantitative estimate of drug-likeness (QED) is 0.599. The van der Waals surface area contributed by atoms with Gasteiger partial charge in [0.05, 0.1) is 6.61 Å². The van der Waals surface area contributed by atoms with Gasteiger partial charge in [0.2, 0.25) is 17.7 Å². The summed E-state index contributed by atoms with van der Waals surface area (Å²) in [6.45, 7) is 11.7. The Morgan fingerprint density at radius 1 is 1.00 bits per heavy atom. The fraction of sp³-hybridized carbons (Fsp3) is 0.750. The number of nitrogens with one attached hydrogen (secondary N) is 1. The second-order valence-electron chi connectivity index (χ2n) is 13.1. The smallest absolute Gasteiger partial charge is 0.270 e. The number of hydrogen-bond acceptors (Lipinski definition) is 6. The minimum atomic E-state index is -0.190. The second-order valence-corrected chi connectivity index (χ2v) is 13.1. The molecule has 3 fully saturated rings. The number of likely N-dealkylation sites (tertiary alicyclic amines) is 2. The van der Waals surface area contributed by atoms with E-state index in [-0.39, 0.29) is 29.6 Å². The van der Waals surface area contributed by atoms with Crippen molar-refractivity contribution in [3.8, 4) is 5.88 Å². The monoisotopic (exact) mass is 567 g/mol. The Kier molecular flexibility index (Phi) is 10.2. The summed E-state index contributed by atoms with van der Waals surface area (Å²) in [5.41, 5.74) is 0.363. The first-order valence-corrected chi connectivity index (χ1v) is 16.0. The van der Waals surface area contributed by atoms with E-state index in [0.29, 0.717) is 61.9 Å². The number of carbonyl (C=O) groups is 3. The van der Waals surface area contributed by atoms with E-state index in [1.54, 1.807) is 12.1 Å². The van der Waals surface area contributed by atoms with Gasteiger partial charge in [-0.2, -0.15) is 0 Å². The molecule has 0 aliphatic carbocycles. The summed E-state index contributed by atoms with van der Waals surface area (Å²) in [5.74, 6) is 2.46. The number of aromatic nitrogens is 1. The number of ether oxygens (including phenoxy) is 1. The third-order valence-corrected chi connectivity index (χ3v) is 9.67. The molecule has 5 heterocycles. The molecule has 226 valence electrons. The van der Waals surface area contributed by atoms with Crippen molar-refractivity contribution in [1.29, 1.82) is 0 Å². The zero-order valence-electron chi connectivity index (χ0n) is 25.1. The number of piperidine rings is 2. The van der Waals surface area contributed by atoms with Gasteiger partial charge >= 0.3 is 0 Å². The van der Waals surface area contributed by atoms with Gasteiger partial charge < -0.3 is 24.8 Å². The molecule has 9 nitrogen and oxygen atoms in total. The van der Waals surface area contributed by atoms with E-state index < -0.39 is 0 Å². The number of carbonyl (C=O) groups excluding carboxylic acids is 3. The van der Waals surface area contributed by atoms with Crippen LogP contribution in [0.5, 0.6) is 5.88 Å². The van der Waals surface area contributed by atoms with Crippen LogP contribution >= 0.6 is 0 Å². The molecule has 9 heteroatoms. The van der Waals surface area contributed by atoms with E-state index in [9.17, 15) is 14.4 Å². The highest BCUT2D eigenvalue weighted by Gasteiger charge is 2.37. The predicted octanol–water partition coefficient (Wildman–Crippen LogP) is 3.45. The second kappa shape index (κ2) is 14.0. The molecule has 0 spiro atoms. The van der Waals surface area contributed by atoms with Crippen molar-refractivity contribution in [2.45, 2.75) is 65.2 Å². The van der Waals surface area contributed by atoms with E-state index in [1.165, 1.54) is 0 Å². The number of pyridine rings is 1. The first-order valence-electron chi connectivity index (χ1n) is 16.0. The van der Waals surface area contributed by atoms with Crippen LogP contribution in [0.4, 0.5) is 0 Å². The van der Waals surface area contributed by atoms with E-state index in [0.717, 1.165) is 77.8 Å². The Hall–Kier alpha value is -2.68. The summed E-state index contributed by atoms with van der Waals surface area (Å²) in [6, 6.07) is 5.32. The van der Waals surface area contributed by atoms with Crippen LogP contribution in [0.15, 0.2) is 18.2 Å². The molecule has 4 aliphatic rings. The number of fused-ring (bicyclic) bond motifs is 5. The first kappa shape index (κ1) is 29.8. The van der Waals surface area contributed by atoms with Gasteiger partial charge in [-0.15, -0.1) is 0 Å². The highest BCUT2D eigenvalue weighted by molar-refractivity contribution is 5.92. The van der Waals surface area contributed by atoms with Crippen LogP contribution < -0.4 is 10.1 Å². The van der Waals surface area contributed by atoms with Gasteiger partial charge in [-0.1, -0.05) is 19.9 Å². The summed E-state index contributed by atoms with van der Waals surface area (Å²) in [6.07, 6.45) is 6.77. The zero-order chi connectivity index (χ0) is 28.8. The van der Waals surface area contributed by atoms with Gasteiger partial charge in [-0.25, -0.2) is 4.98 Å². The molecule has 0 aromatic carbocycles. The van der Waals surface area contributed by atoms with Crippen LogP contribution in [0.25, 0.3) is 0 Å². The van der Waals surface area contributed by atoms with Crippen molar-refractivity contribution in [3.05, 3.63) is 23.9 Å². The molecule has 3 saturated heterocycles. The van der Waals surface area contributed by atoms with Crippen LogP contribution in [-0.2, 0) is 9.59 Å². The van der Waals surface area contributed by atoms with Crippen molar-refractivity contribution in [2.75, 3.05) is 59.0 Å². The maximum absolute atomic E-state index is 13.7. The Bertz CT molecular complexity index is 1060. The first-order chi connectivity index (χ1) is 19.9. The van der Waals surface area contributed by atoms with Gasteiger partial charge in [-0.05, 0) is 80.7 Å². The summed E-state index contributed by atoms with van der Waals surface area (Å²) < 4.78 is 6.02. The number of rotatable bonds is 4. The van der Waals surface area contributed by atoms with Crippen LogP contribution in [-0.4, -0.2) is 96.4 Å². The fourth-order valence-electron chi connectivity index (χ4n) is 7.41. The van der Waals surface area contributed by atoms with Crippen molar-refractivity contribution < 1.29 is 19.1 Å². The highest BCUT2D eigenvalue weighted by Crippen LogP contribution is 2.34. The normalized spacial score (nSPS) is 28.6. The Labute approximate surface area is 245 Å². The minimum absolute atomic E-state index is 0.190. The lowest BCUT2D eigenvalue weighted by atomic mass is 9.79. The molecule has 4 aliphatic heterocycles. The summed E-state index contributed by atoms with van der Waals surface area (Å²) in [4.78, 5) is 50.8. The van der Waals surface area contributed by atoms with E-state index in [1.807, 2.05) is 11.0 Å². The number of amides is 3. The molecule has 1 aromatic heterocycles. The molecule has 1 N–H and O–H groups in total. The predicted molar refractivity (Wildman–Crippen MR) is 157 cm³/mol. The van der Waals surface area contributed by atoms with Gasteiger partial charge in [0.25, 0.3) is 5.91 Å². The van der Waals surface area contributed by atoms with Crippen molar-refractivity contribution >= 4 is 17.7 Å². The molecule has 0 saturated carbocycles. The average Bonchev–Trinajstić information content (AvgIpc) is 3.50. The summed E-state index contributed by atoms with van der Waals surface area (Å²) >= 11 is 0. The lowest BCUT2D eigenvalue weighted by molar-refractivity contribution is -0.137. The van der Waals surface area contributed by atoms with Gasteiger partial charge in [-0.3, -0.25) is 14.4 Å². The van der Waals surface area contributed by atoms with Crippen LogP contribution in [0.2, 0.25) is 0 Å². The zero-order valence-corrected chi connectivity index (χ0v) is 25.1. The largest absolute Gasteiger partial charge is 0.478 e. The third kappa shape index (κ3) is 7.99. The standard InChI is InChI=1S/C32H49N5O4/c1-23(2)20-35-15-9-24-19-31(39)37-16-10-25(18-30(38)36-13-3-4-14-36)27(22-37)11-17-41-29-7-5-6-28(34-29)32(40)33-12-8-26(24)21-35/h5-7,23-27H,3-4,8-22H2,1-2H3,(H,33,40)/t24-,25-,26-,27-/m0/s1. The molecule has 0 unspecified atom stereocenters. The third-order valence-electron chi connectivity index (χ3n) is 9.67. The molecular weight excluding hydrogens is 518 g/mol. The van der Waals surface area contributed by atoms with Crippen molar-refractivity contribution in [3.63, 3.8) is 0 Å². The SMILES string of the molecule is CC(C)CN1CC[C@H]2CC(=O)N3CC[C@@H](CC(=O)N4CCCC4)[C@@H](CCOc4cccc(n4)C(=O)NCC[C@H]2C1)C3.